The fourth-order valence-corrected chi connectivity index (χ4v) is 2.47. The van der Waals surface area contributed by atoms with Gasteiger partial charge in [0.05, 0.1) is 11.5 Å². The number of aliphatic carboxylic acids is 1. The van der Waals surface area contributed by atoms with E-state index in [-0.39, 0.29) is 6.04 Å². The number of rotatable bonds is 4. The summed E-state index contributed by atoms with van der Waals surface area (Å²) in [6.45, 7) is 3.32. The number of carboxylic acids is 1. The van der Waals surface area contributed by atoms with Gasteiger partial charge in [0.1, 0.15) is 0 Å². The Hall–Kier alpha value is -2.34. The molecule has 0 aromatic heterocycles. The van der Waals surface area contributed by atoms with Crippen LogP contribution in [0.3, 0.4) is 0 Å². The Kier molecular flexibility index (Phi) is 4.99. The molecule has 0 heterocycles. The molecule has 0 saturated heterocycles. The number of halogens is 3. The standard InChI is InChI=1S/C18H18F3NO2/c1-10(17(23)24)13-5-8-15(11(2)22)16(9-13)12-3-6-14(7-4-12)18(19,20)21/h3-11H,22H2,1-2H3,(H,23,24). The smallest absolute Gasteiger partial charge is 0.416 e. The molecular weight excluding hydrogens is 319 g/mol. The zero-order valence-corrected chi connectivity index (χ0v) is 13.3. The minimum Gasteiger partial charge on any atom is -0.481 e. The Morgan fingerprint density at radius 3 is 2.12 bits per heavy atom. The van der Waals surface area contributed by atoms with Crippen molar-refractivity contribution in [2.45, 2.75) is 32.0 Å². The quantitative estimate of drug-likeness (QED) is 0.858. The van der Waals surface area contributed by atoms with Gasteiger partial charge in [0.2, 0.25) is 0 Å². The van der Waals surface area contributed by atoms with Gasteiger partial charge in [-0.05, 0) is 54.3 Å². The molecule has 2 aromatic rings. The predicted molar refractivity (Wildman–Crippen MR) is 85.5 cm³/mol. The van der Waals surface area contributed by atoms with Gasteiger partial charge in [-0.2, -0.15) is 13.2 Å². The molecule has 0 fully saturated rings. The van der Waals surface area contributed by atoms with Crippen LogP contribution in [0.15, 0.2) is 42.5 Å². The first kappa shape index (κ1) is 18.0. The van der Waals surface area contributed by atoms with E-state index in [1.807, 2.05) is 0 Å². The van der Waals surface area contributed by atoms with Gasteiger partial charge in [-0.1, -0.05) is 24.3 Å². The summed E-state index contributed by atoms with van der Waals surface area (Å²) in [5, 5.41) is 9.15. The Morgan fingerprint density at radius 1 is 1.08 bits per heavy atom. The molecule has 2 atom stereocenters. The summed E-state index contributed by atoms with van der Waals surface area (Å²) >= 11 is 0. The highest BCUT2D eigenvalue weighted by atomic mass is 19.4. The van der Waals surface area contributed by atoms with Gasteiger partial charge in [0.15, 0.2) is 0 Å². The van der Waals surface area contributed by atoms with Gasteiger partial charge < -0.3 is 10.8 Å². The minimum atomic E-state index is -4.40. The highest BCUT2D eigenvalue weighted by Crippen LogP contribution is 2.34. The zero-order valence-electron chi connectivity index (χ0n) is 13.3. The topological polar surface area (TPSA) is 63.3 Å². The summed E-state index contributed by atoms with van der Waals surface area (Å²) in [4.78, 5) is 11.2. The number of nitrogens with two attached hydrogens (primary N) is 1. The molecule has 0 spiro atoms. The zero-order chi connectivity index (χ0) is 18.1. The van der Waals surface area contributed by atoms with Gasteiger partial charge in [-0.25, -0.2) is 0 Å². The molecule has 3 N–H and O–H groups in total. The van der Waals surface area contributed by atoms with E-state index in [4.69, 9.17) is 10.8 Å². The molecule has 0 bridgehead atoms. The first-order valence-electron chi connectivity index (χ1n) is 7.41. The fraction of sp³-hybridized carbons (Fsp3) is 0.278. The Morgan fingerprint density at radius 2 is 1.67 bits per heavy atom. The van der Waals surface area contributed by atoms with E-state index in [1.165, 1.54) is 12.1 Å². The highest BCUT2D eigenvalue weighted by Gasteiger charge is 2.30. The van der Waals surface area contributed by atoms with Crippen molar-refractivity contribution < 1.29 is 23.1 Å². The van der Waals surface area contributed by atoms with Crippen LogP contribution >= 0.6 is 0 Å². The van der Waals surface area contributed by atoms with E-state index in [0.717, 1.165) is 17.7 Å². The molecular formula is C18H18F3NO2. The number of alkyl halides is 3. The second kappa shape index (κ2) is 6.65. The SMILES string of the molecule is CC(N)c1ccc(C(C)C(=O)O)cc1-c1ccc(C(F)(F)F)cc1. The lowest BCUT2D eigenvalue weighted by atomic mass is 9.90. The van der Waals surface area contributed by atoms with Crippen LogP contribution in [0.2, 0.25) is 0 Å². The second-order valence-corrected chi connectivity index (χ2v) is 5.77. The minimum absolute atomic E-state index is 0.337. The second-order valence-electron chi connectivity index (χ2n) is 5.77. The lowest BCUT2D eigenvalue weighted by molar-refractivity contribution is -0.138. The third kappa shape index (κ3) is 3.76. The molecule has 6 heteroatoms. The van der Waals surface area contributed by atoms with Crippen LogP contribution in [-0.4, -0.2) is 11.1 Å². The maximum atomic E-state index is 12.7. The van der Waals surface area contributed by atoms with E-state index in [2.05, 4.69) is 0 Å². The van der Waals surface area contributed by atoms with Crippen LogP contribution in [0.5, 0.6) is 0 Å². The summed E-state index contributed by atoms with van der Waals surface area (Å²) in [6.07, 6.45) is -4.40. The van der Waals surface area contributed by atoms with Gasteiger partial charge in [0, 0.05) is 6.04 Å². The Balaban J connectivity index is 2.54. The molecule has 0 saturated carbocycles. The summed E-state index contributed by atoms with van der Waals surface area (Å²) in [6, 6.07) is 9.52. The average Bonchev–Trinajstić information content (AvgIpc) is 2.52. The fourth-order valence-electron chi connectivity index (χ4n) is 2.47. The lowest BCUT2D eigenvalue weighted by Gasteiger charge is -2.17. The maximum absolute atomic E-state index is 12.7. The molecule has 3 nitrogen and oxygen atoms in total. The summed E-state index contributed by atoms with van der Waals surface area (Å²) in [7, 11) is 0. The van der Waals surface area contributed by atoms with Crippen LogP contribution in [0, 0.1) is 0 Å². The van der Waals surface area contributed by atoms with Crippen molar-refractivity contribution in [1.82, 2.24) is 0 Å². The van der Waals surface area contributed by atoms with Crippen LogP contribution in [0.4, 0.5) is 13.2 Å². The van der Waals surface area contributed by atoms with E-state index in [9.17, 15) is 18.0 Å². The molecule has 128 valence electrons. The van der Waals surface area contributed by atoms with E-state index in [0.29, 0.717) is 16.7 Å². The van der Waals surface area contributed by atoms with Crippen molar-refractivity contribution in [2.75, 3.05) is 0 Å². The molecule has 0 aliphatic heterocycles. The van der Waals surface area contributed by atoms with Crippen molar-refractivity contribution >= 4 is 5.97 Å². The molecule has 24 heavy (non-hydrogen) atoms. The van der Waals surface area contributed by atoms with Crippen molar-refractivity contribution in [3.8, 4) is 11.1 Å². The molecule has 2 unspecified atom stereocenters. The predicted octanol–water partition coefficient (Wildman–Crippen LogP) is 4.58. The monoisotopic (exact) mass is 337 g/mol. The number of hydrogen-bond donors (Lipinski definition) is 2. The van der Waals surface area contributed by atoms with Crippen molar-refractivity contribution in [3.05, 3.63) is 59.2 Å². The number of carbonyl (C=O) groups is 1. The van der Waals surface area contributed by atoms with Crippen molar-refractivity contribution in [2.24, 2.45) is 5.73 Å². The van der Waals surface area contributed by atoms with Gasteiger partial charge >= 0.3 is 12.1 Å². The Bertz CT molecular complexity index is 737. The van der Waals surface area contributed by atoms with Gasteiger partial charge in [-0.3, -0.25) is 4.79 Å². The van der Waals surface area contributed by atoms with E-state index < -0.39 is 23.6 Å². The number of hydrogen-bond acceptors (Lipinski definition) is 2. The normalized spacial score (nSPS) is 14.2. The molecule has 0 radical (unpaired) electrons. The van der Waals surface area contributed by atoms with Crippen molar-refractivity contribution in [1.29, 1.82) is 0 Å². The molecule has 0 amide bonds. The van der Waals surface area contributed by atoms with Crippen LogP contribution in [0.1, 0.15) is 42.5 Å². The summed E-state index contributed by atoms with van der Waals surface area (Å²) in [5.74, 6) is -1.69. The summed E-state index contributed by atoms with van der Waals surface area (Å²) in [5.41, 5.74) is 7.73. The van der Waals surface area contributed by atoms with Gasteiger partial charge in [0.25, 0.3) is 0 Å². The van der Waals surface area contributed by atoms with Gasteiger partial charge in [-0.15, -0.1) is 0 Å². The first-order valence-corrected chi connectivity index (χ1v) is 7.41. The number of benzene rings is 2. The third-order valence-electron chi connectivity index (χ3n) is 3.96. The van der Waals surface area contributed by atoms with Crippen LogP contribution < -0.4 is 5.73 Å². The van der Waals surface area contributed by atoms with Crippen molar-refractivity contribution in [3.63, 3.8) is 0 Å². The van der Waals surface area contributed by atoms with E-state index in [1.54, 1.807) is 32.0 Å². The largest absolute Gasteiger partial charge is 0.481 e. The number of carboxylic acid groups (broad SMARTS) is 1. The third-order valence-corrected chi connectivity index (χ3v) is 3.96. The van der Waals surface area contributed by atoms with Crippen LogP contribution in [-0.2, 0) is 11.0 Å². The molecule has 2 rings (SSSR count). The highest BCUT2D eigenvalue weighted by molar-refractivity contribution is 5.77. The molecule has 2 aromatic carbocycles. The Labute approximate surface area is 137 Å². The molecule has 0 aliphatic carbocycles. The molecule has 0 aliphatic rings. The van der Waals surface area contributed by atoms with Crippen LogP contribution in [0.25, 0.3) is 11.1 Å². The maximum Gasteiger partial charge on any atom is 0.416 e. The summed E-state index contributed by atoms with van der Waals surface area (Å²) < 4.78 is 38.1. The first-order chi connectivity index (χ1) is 11.1. The average molecular weight is 337 g/mol. The lowest BCUT2D eigenvalue weighted by Crippen LogP contribution is -2.11. The van der Waals surface area contributed by atoms with E-state index >= 15 is 0 Å².